The third-order valence-corrected chi connectivity index (χ3v) is 8.07. The summed E-state index contributed by atoms with van der Waals surface area (Å²) in [6, 6.07) is 11.9. The van der Waals surface area contributed by atoms with Gasteiger partial charge < -0.3 is 14.8 Å². The van der Waals surface area contributed by atoms with Gasteiger partial charge in [-0.25, -0.2) is 8.42 Å². The number of ether oxygens (including phenoxy) is 2. The van der Waals surface area contributed by atoms with Gasteiger partial charge in [0.15, 0.2) is 17.2 Å². The monoisotopic (exact) mass is 458 g/mol. The molecule has 7 nitrogen and oxygen atoms in total. The summed E-state index contributed by atoms with van der Waals surface area (Å²) in [6.45, 7) is 1.04. The Labute approximate surface area is 189 Å². The van der Waals surface area contributed by atoms with Gasteiger partial charge >= 0.3 is 0 Å². The summed E-state index contributed by atoms with van der Waals surface area (Å²) in [6.07, 6.45) is 6.53. The van der Waals surface area contributed by atoms with Crippen molar-refractivity contribution >= 4 is 21.6 Å². The minimum Gasteiger partial charge on any atom is -0.493 e. The number of methoxy groups -OCH3 is 1. The highest BCUT2D eigenvalue weighted by Crippen LogP contribution is 2.37. The van der Waals surface area contributed by atoms with Crippen LogP contribution >= 0.6 is 0 Å². The molecule has 2 aliphatic rings. The molecule has 8 heteroatoms. The Morgan fingerprint density at radius 3 is 2.31 bits per heavy atom. The summed E-state index contributed by atoms with van der Waals surface area (Å²) in [5, 5.41) is 2.94. The first-order chi connectivity index (χ1) is 15.5. The molecule has 1 aliphatic heterocycles. The SMILES string of the molecule is COc1ccccc1Oc1ccc(S(=O)(=O)N2CCCCC2)cc1NC(=O)C1CCCC1. The smallest absolute Gasteiger partial charge is 0.243 e. The second-order valence-electron chi connectivity index (χ2n) is 8.35. The van der Waals surface area contributed by atoms with Crippen LogP contribution in [0.1, 0.15) is 44.9 Å². The molecule has 2 aromatic carbocycles. The van der Waals surface area contributed by atoms with E-state index in [4.69, 9.17) is 9.47 Å². The number of nitrogens with zero attached hydrogens (tertiary/aromatic N) is 1. The van der Waals surface area contributed by atoms with Crippen molar-refractivity contribution < 1.29 is 22.7 Å². The fraction of sp³-hybridized carbons (Fsp3) is 0.458. The first-order valence-corrected chi connectivity index (χ1v) is 12.7. The van der Waals surface area contributed by atoms with Gasteiger partial charge in [-0.2, -0.15) is 4.31 Å². The summed E-state index contributed by atoms with van der Waals surface area (Å²) in [5.41, 5.74) is 0.353. The average molecular weight is 459 g/mol. The van der Waals surface area contributed by atoms with E-state index in [0.29, 0.717) is 36.0 Å². The summed E-state index contributed by atoms with van der Waals surface area (Å²) < 4.78 is 39.4. The van der Waals surface area contributed by atoms with Crippen LogP contribution in [0.3, 0.4) is 0 Å². The molecule has 0 atom stereocenters. The molecule has 0 unspecified atom stereocenters. The van der Waals surface area contributed by atoms with E-state index in [-0.39, 0.29) is 16.7 Å². The molecule has 1 saturated heterocycles. The summed E-state index contributed by atoms with van der Waals surface area (Å²) in [4.78, 5) is 13.0. The van der Waals surface area contributed by atoms with Crippen molar-refractivity contribution in [3.63, 3.8) is 0 Å². The van der Waals surface area contributed by atoms with Crippen molar-refractivity contribution in [3.8, 4) is 17.2 Å². The minimum absolute atomic E-state index is 0.0588. The maximum Gasteiger partial charge on any atom is 0.243 e. The topological polar surface area (TPSA) is 84.9 Å². The number of amides is 1. The predicted molar refractivity (Wildman–Crippen MR) is 123 cm³/mol. The maximum atomic E-state index is 13.2. The number of sulfonamides is 1. The van der Waals surface area contributed by atoms with Crippen molar-refractivity contribution in [1.82, 2.24) is 4.31 Å². The fourth-order valence-corrected chi connectivity index (χ4v) is 5.90. The number of carbonyl (C=O) groups is 1. The summed E-state index contributed by atoms with van der Waals surface area (Å²) in [5.74, 6) is 1.25. The number of hydrogen-bond donors (Lipinski definition) is 1. The normalized spacial score (nSPS) is 17.8. The van der Waals surface area contributed by atoms with Crippen LogP contribution in [0.2, 0.25) is 0 Å². The Balaban J connectivity index is 1.67. The van der Waals surface area contributed by atoms with E-state index in [1.807, 2.05) is 12.1 Å². The van der Waals surface area contributed by atoms with Crippen LogP contribution in [0.25, 0.3) is 0 Å². The molecule has 1 amide bonds. The van der Waals surface area contributed by atoms with Gasteiger partial charge in [0.05, 0.1) is 17.7 Å². The van der Waals surface area contributed by atoms with Crippen LogP contribution in [-0.2, 0) is 14.8 Å². The molecular weight excluding hydrogens is 428 g/mol. The largest absolute Gasteiger partial charge is 0.493 e. The average Bonchev–Trinajstić information content (AvgIpc) is 3.36. The number of piperidine rings is 1. The van der Waals surface area contributed by atoms with Gasteiger partial charge in [0.2, 0.25) is 15.9 Å². The van der Waals surface area contributed by atoms with E-state index in [2.05, 4.69) is 5.32 Å². The number of carbonyl (C=O) groups excluding carboxylic acids is 1. The first-order valence-electron chi connectivity index (χ1n) is 11.2. The zero-order chi connectivity index (χ0) is 22.6. The van der Waals surface area contributed by atoms with Crippen molar-refractivity contribution in [2.24, 2.45) is 5.92 Å². The number of anilines is 1. The third kappa shape index (κ3) is 4.91. The Morgan fingerprint density at radius 2 is 1.62 bits per heavy atom. The highest BCUT2D eigenvalue weighted by molar-refractivity contribution is 7.89. The second kappa shape index (κ2) is 9.92. The maximum absolute atomic E-state index is 13.2. The van der Waals surface area contributed by atoms with E-state index in [1.165, 1.54) is 10.4 Å². The molecule has 32 heavy (non-hydrogen) atoms. The van der Waals surface area contributed by atoms with Gasteiger partial charge in [-0.15, -0.1) is 0 Å². The molecule has 2 fully saturated rings. The lowest BCUT2D eigenvalue weighted by Gasteiger charge is -2.26. The molecule has 1 saturated carbocycles. The van der Waals surface area contributed by atoms with Crippen LogP contribution in [0.4, 0.5) is 5.69 Å². The van der Waals surface area contributed by atoms with E-state index < -0.39 is 10.0 Å². The molecule has 0 radical (unpaired) electrons. The highest BCUT2D eigenvalue weighted by atomic mass is 32.2. The first kappa shape index (κ1) is 22.6. The molecule has 2 aromatic rings. The van der Waals surface area contributed by atoms with E-state index in [9.17, 15) is 13.2 Å². The van der Waals surface area contributed by atoms with Gasteiger partial charge in [-0.3, -0.25) is 4.79 Å². The van der Waals surface area contributed by atoms with Crippen molar-refractivity contribution in [2.75, 3.05) is 25.5 Å². The standard InChI is InChI=1S/C24H30N2O5S/c1-30-22-11-5-6-12-23(22)31-21-14-13-19(32(28,29)26-15-7-2-8-16-26)17-20(21)25-24(27)18-9-3-4-10-18/h5-6,11-14,17-18H,2-4,7-10,15-16H2,1H3,(H,25,27). The number of para-hydroxylation sites is 2. The van der Waals surface area contributed by atoms with Crippen molar-refractivity contribution in [3.05, 3.63) is 42.5 Å². The number of benzene rings is 2. The van der Waals surface area contributed by atoms with Crippen molar-refractivity contribution in [2.45, 2.75) is 49.8 Å². The highest BCUT2D eigenvalue weighted by Gasteiger charge is 2.28. The van der Waals surface area contributed by atoms with E-state index >= 15 is 0 Å². The fourth-order valence-electron chi connectivity index (χ4n) is 4.35. The van der Waals surface area contributed by atoms with Crippen LogP contribution < -0.4 is 14.8 Å². The zero-order valence-electron chi connectivity index (χ0n) is 18.4. The number of nitrogens with one attached hydrogen (secondary N) is 1. The molecule has 0 spiro atoms. The molecular formula is C24H30N2O5S. The minimum atomic E-state index is -3.64. The van der Waals surface area contributed by atoms with Crippen molar-refractivity contribution in [1.29, 1.82) is 0 Å². The second-order valence-corrected chi connectivity index (χ2v) is 10.3. The Kier molecular flexibility index (Phi) is 7.01. The van der Waals surface area contributed by atoms with Gasteiger partial charge in [0, 0.05) is 19.0 Å². The molecule has 1 N–H and O–H groups in total. The van der Waals surface area contributed by atoms with Gasteiger partial charge in [-0.1, -0.05) is 31.4 Å². The molecule has 0 aromatic heterocycles. The molecule has 1 heterocycles. The van der Waals surface area contributed by atoms with Gasteiger partial charge in [0.1, 0.15) is 0 Å². The van der Waals surface area contributed by atoms with E-state index in [0.717, 1.165) is 44.9 Å². The quantitative estimate of drug-likeness (QED) is 0.645. The van der Waals surface area contributed by atoms with Crippen LogP contribution in [-0.4, -0.2) is 38.8 Å². The zero-order valence-corrected chi connectivity index (χ0v) is 19.2. The van der Waals surface area contributed by atoms with Crippen LogP contribution in [0, 0.1) is 5.92 Å². The Hall–Kier alpha value is -2.58. The predicted octanol–water partition coefficient (Wildman–Crippen LogP) is 4.79. The molecule has 1 aliphatic carbocycles. The van der Waals surface area contributed by atoms with Gasteiger partial charge in [0.25, 0.3) is 0 Å². The number of hydrogen-bond acceptors (Lipinski definition) is 5. The van der Waals surface area contributed by atoms with E-state index in [1.54, 1.807) is 31.4 Å². The van der Waals surface area contributed by atoms with Crippen LogP contribution in [0.5, 0.6) is 17.2 Å². The van der Waals surface area contributed by atoms with Gasteiger partial charge in [-0.05, 0) is 56.0 Å². The molecule has 172 valence electrons. The Morgan fingerprint density at radius 1 is 0.938 bits per heavy atom. The lowest BCUT2D eigenvalue weighted by atomic mass is 10.1. The number of rotatable bonds is 7. The molecule has 0 bridgehead atoms. The summed E-state index contributed by atoms with van der Waals surface area (Å²) in [7, 11) is -2.09. The van der Waals surface area contributed by atoms with Crippen LogP contribution in [0.15, 0.2) is 47.4 Å². The molecule has 4 rings (SSSR count). The third-order valence-electron chi connectivity index (χ3n) is 6.18. The lowest BCUT2D eigenvalue weighted by Crippen LogP contribution is -2.35. The summed E-state index contributed by atoms with van der Waals surface area (Å²) >= 11 is 0. The lowest BCUT2D eigenvalue weighted by molar-refractivity contribution is -0.119. The Bertz CT molecular complexity index is 1060.